The molecule has 0 aliphatic heterocycles. The summed E-state index contributed by atoms with van der Waals surface area (Å²) in [6.07, 6.45) is 0. The van der Waals surface area contributed by atoms with Crippen molar-refractivity contribution in [2.75, 3.05) is 0 Å². The van der Waals surface area contributed by atoms with E-state index in [4.69, 9.17) is 0 Å². The van der Waals surface area contributed by atoms with Crippen molar-refractivity contribution in [2.24, 2.45) is 5.11 Å². The summed E-state index contributed by atoms with van der Waals surface area (Å²) >= 11 is 0. The minimum atomic E-state index is -0.226. The molecule has 1 rings (SSSR count). The first-order valence-corrected chi connectivity index (χ1v) is 3.92. The summed E-state index contributed by atoms with van der Waals surface area (Å²) in [7, 11) is 0. The van der Waals surface area contributed by atoms with E-state index in [9.17, 15) is 5.11 Å². The molecule has 0 atom stereocenters. The fourth-order valence-corrected chi connectivity index (χ4v) is 0.765. The normalized spacial score (nSPS) is 8.46. The zero-order valence-electron chi connectivity index (χ0n) is 7.61. The molecule has 3 nitrogen and oxygen atoms in total. The molecule has 0 radical (unpaired) electrons. The molecule has 13 heavy (non-hydrogen) atoms. The molecule has 0 aliphatic rings. The highest BCUT2D eigenvalue weighted by Crippen LogP contribution is 2.10. The largest absolute Gasteiger partial charge is 0.865 e. The van der Waals surface area contributed by atoms with Crippen molar-refractivity contribution in [3.63, 3.8) is 0 Å². The zero-order valence-corrected chi connectivity index (χ0v) is 7.61. The Labute approximate surface area is 76.8 Å². The van der Waals surface area contributed by atoms with E-state index in [1.165, 1.54) is 12.5 Å². The predicted molar refractivity (Wildman–Crippen MR) is 47.7 cm³/mol. The maximum absolute atomic E-state index is 10.4. The third kappa shape index (κ3) is 3.39. The van der Waals surface area contributed by atoms with E-state index >= 15 is 0 Å². The first kappa shape index (κ1) is 9.27. The number of benzene rings is 1. The Bertz CT molecular complexity index is 376. The molecular formula is C10H10N2O. The number of nitrogens with zero attached hydrogens (tertiary/aromatic N) is 2. The molecule has 0 aliphatic carbocycles. The van der Waals surface area contributed by atoms with Crippen molar-refractivity contribution in [2.45, 2.75) is 13.8 Å². The Hall–Kier alpha value is -1.82. The van der Waals surface area contributed by atoms with Crippen LogP contribution in [0.3, 0.4) is 0 Å². The van der Waals surface area contributed by atoms with Gasteiger partial charge in [0.2, 0.25) is 0 Å². The maximum atomic E-state index is 10.4. The summed E-state index contributed by atoms with van der Waals surface area (Å²) in [5, 5.41) is 14.2. The van der Waals surface area contributed by atoms with Gasteiger partial charge in [-0.25, -0.2) is 0 Å². The van der Waals surface area contributed by atoms with E-state index < -0.39 is 0 Å². The van der Waals surface area contributed by atoms with Gasteiger partial charge in [-0.15, -0.1) is 0 Å². The van der Waals surface area contributed by atoms with E-state index in [1.54, 1.807) is 0 Å². The summed E-state index contributed by atoms with van der Waals surface area (Å²) in [4.78, 5) is 3.50. The highest BCUT2D eigenvalue weighted by atomic mass is 16.3. The topological polar surface area (TPSA) is 49.5 Å². The molecule has 0 aromatic heterocycles. The van der Waals surface area contributed by atoms with E-state index in [0.29, 0.717) is 0 Å². The van der Waals surface area contributed by atoms with Crippen LogP contribution in [-0.2, 0) is 0 Å². The van der Waals surface area contributed by atoms with E-state index in [1.807, 2.05) is 31.2 Å². The van der Waals surface area contributed by atoms with E-state index in [-0.39, 0.29) is 5.76 Å². The number of aryl methyl sites for hydroxylation is 1. The van der Waals surface area contributed by atoms with E-state index in [2.05, 4.69) is 15.8 Å². The molecule has 0 N–H and O–H groups in total. The van der Waals surface area contributed by atoms with Gasteiger partial charge in [-0.05, 0) is 26.0 Å². The van der Waals surface area contributed by atoms with Gasteiger partial charge in [0, 0.05) is 5.76 Å². The van der Waals surface area contributed by atoms with Gasteiger partial charge in [0.05, 0.1) is 0 Å². The summed E-state index contributed by atoms with van der Waals surface area (Å²) in [6, 6.07) is 7.53. The molecule has 1 aromatic carbocycles. The lowest BCUT2D eigenvalue weighted by Gasteiger charge is -1.87. The number of hydrogen-bond acceptors (Lipinski definition) is 2. The SMILES string of the molecule is CC([O-])=C=[N+]=Nc1ccc(C)cc1. The third-order valence-corrected chi connectivity index (χ3v) is 1.41. The fraction of sp³-hybridized carbons (Fsp3) is 0.200. The maximum Gasteiger partial charge on any atom is 0.339 e. The molecule has 66 valence electrons. The first-order valence-electron chi connectivity index (χ1n) is 3.92. The van der Waals surface area contributed by atoms with Crippen LogP contribution in [0, 0.1) is 6.92 Å². The Balaban J connectivity index is 2.94. The van der Waals surface area contributed by atoms with Crippen molar-refractivity contribution in [3.05, 3.63) is 35.6 Å². The van der Waals surface area contributed by atoms with Crippen LogP contribution in [0.1, 0.15) is 12.5 Å². The third-order valence-electron chi connectivity index (χ3n) is 1.41. The average Bonchev–Trinajstić information content (AvgIpc) is 2.08. The van der Waals surface area contributed by atoms with Gasteiger partial charge < -0.3 is 5.11 Å². The van der Waals surface area contributed by atoms with Gasteiger partial charge >= 0.3 is 5.87 Å². The Morgan fingerprint density at radius 1 is 1.38 bits per heavy atom. The molecule has 0 saturated heterocycles. The second-order valence-electron chi connectivity index (χ2n) is 2.70. The van der Waals surface area contributed by atoms with Crippen LogP contribution >= 0.6 is 0 Å². The lowest BCUT2D eigenvalue weighted by molar-refractivity contribution is -0.300. The molecule has 1 aromatic rings. The monoisotopic (exact) mass is 174 g/mol. The van der Waals surface area contributed by atoms with Gasteiger partial charge in [-0.2, -0.15) is 0 Å². The Morgan fingerprint density at radius 2 is 2.00 bits per heavy atom. The summed E-state index contributed by atoms with van der Waals surface area (Å²) in [5.41, 5.74) is 1.89. The Morgan fingerprint density at radius 3 is 2.54 bits per heavy atom. The van der Waals surface area contributed by atoms with Crippen LogP contribution < -0.4 is 5.11 Å². The molecule has 0 fully saturated rings. The molecule has 0 amide bonds. The smallest absolute Gasteiger partial charge is 0.339 e. The minimum absolute atomic E-state index is 0.226. The predicted octanol–water partition coefficient (Wildman–Crippen LogP) is 1.22. The van der Waals surface area contributed by atoms with Gasteiger partial charge in [0.1, 0.15) is 15.6 Å². The van der Waals surface area contributed by atoms with Crippen LogP contribution in [-0.4, -0.2) is 10.7 Å². The molecule has 0 spiro atoms. The average molecular weight is 174 g/mol. The zero-order chi connectivity index (χ0) is 9.68. The van der Waals surface area contributed by atoms with Gasteiger partial charge in [0.25, 0.3) is 0 Å². The standard InChI is InChI=1S/C10H10N2O/c1-8-3-5-10(6-4-8)12-11-7-9(2)13/h3-6H,1-2H3. The Kier molecular flexibility index (Phi) is 3.04. The van der Waals surface area contributed by atoms with Crippen molar-refractivity contribution in [1.29, 1.82) is 0 Å². The number of hydrogen-bond donors (Lipinski definition) is 0. The lowest BCUT2D eigenvalue weighted by atomic mass is 10.2. The van der Waals surface area contributed by atoms with Gasteiger partial charge in [-0.1, -0.05) is 17.7 Å². The number of rotatable bonds is 1. The highest BCUT2D eigenvalue weighted by Gasteiger charge is 1.91. The number of allylic oxidation sites excluding steroid dienone is 1. The molecule has 3 heteroatoms. The summed E-state index contributed by atoms with van der Waals surface area (Å²) in [5.74, 6) is 2.00. The minimum Gasteiger partial charge on any atom is -0.865 e. The van der Waals surface area contributed by atoms with Crippen LogP contribution in [0.25, 0.3) is 0 Å². The fourth-order valence-electron chi connectivity index (χ4n) is 0.765. The van der Waals surface area contributed by atoms with Crippen molar-refractivity contribution in [1.82, 2.24) is 0 Å². The van der Waals surface area contributed by atoms with Crippen molar-refractivity contribution >= 4 is 11.6 Å². The summed E-state index contributed by atoms with van der Waals surface area (Å²) < 4.78 is 0. The quantitative estimate of drug-likeness (QED) is 0.273. The van der Waals surface area contributed by atoms with Crippen LogP contribution in [0.2, 0.25) is 0 Å². The van der Waals surface area contributed by atoms with Crippen molar-refractivity contribution < 1.29 is 9.90 Å². The summed E-state index contributed by atoms with van der Waals surface area (Å²) in [6.45, 7) is 3.38. The van der Waals surface area contributed by atoms with Crippen molar-refractivity contribution in [3.8, 4) is 0 Å². The molecule has 0 unspecified atom stereocenters. The molecule has 0 saturated carbocycles. The molecule has 0 bridgehead atoms. The highest BCUT2D eigenvalue weighted by molar-refractivity contribution is 5.46. The van der Waals surface area contributed by atoms with Gasteiger partial charge in [0.15, 0.2) is 0 Å². The second-order valence-corrected chi connectivity index (χ2v) is 2.70. The van der Waals surface area contributed by atoms with Crippen LogP contribution in [0.15, 0.2) is 35.1 Å². The molecular weight excluding hydrogens is 164 g/mol. The lowest BCUT2D eigenvalue weighted by Crippen LogP contribution is -1.97. The first-order chi connectivity index (χ1) is 6.18. The van der Waals surface area contributed by atoms with Gasteiger partial charge in [-0.3, -0.25) is 0 Å². The van der Waals surface area contributed by atoms with Crippen LogP contribution in [0.5, 0.6) is 0 Å². The van der Waals surface area contributed by atoms with Crippen LogP contribution in [0.4, 0.5) is 5.69 Å². The molecule has 0 heterocycles. The van der Waals surface area contributed by atoms with E-state index in [0.717, 1.165) is 5.69 Å². The second kappa shape index (κ2) is 4.27.